The Bertz CT molecular complexity index is 641. The van der Waals surface area contributed by atoms with Crippen molar-refractivity contribution in [2.24, 2.45) is 0 Å². The lowest BCUT2D eigenvalue weighted by Gasteiger charge is -2.26. The molecule has 1 aliphatic heterocycles. The summed E-state index contributed by atoms with van der Waals surface area (Å²) in [5.74, 6) is 0. The number of fused-ring (bicyclic) bond motifs is 1. The second-order valence-electron chi connectivity index (χ2n) is 7.26. The van der Waals surface area contributed by atoms with Crippen LogP contribution in [0.3, 0.4) is 0 Å². The molecule has 116 valence electrons. The van der Waals surface area contributed by atoms with Crippen LogP contribution in [-0.4, -0.2) is 6.54 Å². The van der Waals surface area contributed by atoms with E-state index in [1.807, 2.05) is 0 Å². The Morgan fingerprint density at radius 2 is 1.77 bits per heavy atom. The minimum Gasteiger partial charge on any atom is -0.307 e. The molecule has 2 heteroatoms. The number of hydrogen-bond acceptors (Lipinski definition) is 2. The number of rotatable bonds is 3. The fourth-order valence-electron chi connectivity index (χ4n) is 3.05. The summed E-state index contributed by atoms with van der Waals surface area (Å²) in [4.78, 5) is 0. The van der Waals surface area contributed by atoms with E-state index in [0.29, 0.717) is 6.04 Å². The summed E-state index contributed by atoms with van der Waals surface area (Å²) in [7, 11) is 0. The summed E-state index contributed by atoms with van der Waals surface area (Å²) in [6, 6.07) is 17.9. The van der Waals surface area contributed by atoms with Crippen LogP contribution in [0.1, 0.15) is 50.4 Å². The van der Waals surface area contributed by atoms with E-state index < -0.39 is 0 Å². The predicted molar refractivity (Wildman–Crippen MR) is 94.2 cm³/mol. The van der Waals surface area contributed by atoms with E-state index in [2.05, 4.69) is 86.7 Å². The van der Waals surface area contributed by atoms with E-state index >= 15 is 0 Å². The van der Waals surface area contributed by atoms with Crippen LogP contribution in [0.5, 0.6) is 0 Å². The Balaban J connectivity index is 1.77. The molecule has 0 saturated heterocycles. The largest absolute Gasteiger partial charge is 0.307 e. The zero-order valence-electron chi connectivity index (χ0n) is 14.1. The molecule has 0 amide bonds. The Morgan fingerprint density at radius 3 is 2.45 bits per heavy atom. The van der Waals surface area contributed by atoms with Crippen molar-refractivity contribution in [3.05, 3.63) is 65.2 Å². The van der Waals surface area contributed by atoms with E-state index in [0.717, 1.165) is 13.0 Å². The molecule has 2 nitrogen and oxygen atoms in total. The second kappa shape index (κ2) is 5.77. The van der Waals surface area contributed by atoms with Gasteiger partial charge < -0.3 is 5.01 Å². The molecule has 0 unspecified atom stereocenters. The summed E-state index contributed by atoms with van der Waals surface area (Å²) >= 11 is 0. The average Bonchev–Trinajstić information content (AvgIpc) is 2.89. The third-order valence-corrected chi connectivity index (χ3v) is 4.49. The van der Waals surface area contributed by atoms with Gasteiger partial charge in [-0.2, -0.15) is 0 Å². The van der Waals surface area contributed by atoms with E-state index in [4.69, 9.17) is 0 Å². The lowest BCUT2D eigenvalue weighted by Crippen LogP contribution is -2.38. The van der Waals surface area contributed by atoms with Crippen molar-refractivity contribution in [2.45, 2.75) is 45.6 Å². The maximum absolute atomic E-state index is 3.64. The van der Waals surface area contributed by atoms with Crippen molar-refractivity contribution in [1.82, 2.24) is 5.43 Å². The first-order chi connectivity index (χ1) is 10.4. The summed E-state index contributed by atoms with van der Waals surface area (Å²) in [6.07, 6.45) is 1.12. The predicted octanol–water partition coefficient (Wildman–Crippen LogP) is 4.61. The van der Waals surface area contributed by atoms with Gasteiger partial charge in [-0.3, -0.25) is 0 Å². The molecule has 0 saturated carbocycles. The number of nitrogens with zero attached hydrogens (tertiary/aromatic N) is 1. The highest BCUT2D eigenvalue weighted by Crippen LogP contribution is 2.32. The number of anilines is 1. The van der Waals surface area contributed by atoms with Crippen LogP contribution < -0.4 is 10.4 Å². The molecular weight excluding hydrogens is 268 g/mol. The normalized spacial score (nSPS) is 15.7. The van der Waals surface area contributed by atoms with Gasteiger partial charge in [0, 0.05) is 12.6 Å². The second-order valence-corrected chi connectivity index (χ2v) is 7.26. The zero-order valence-corrected chi connectivity index (χ0v) is 14.1. The number of hydrazine groups is 1. The quantitative estimate of drug-likeness (QED) is 0.889. The average molecular weight is 294 g/mol. The molecule has 0 aliphatic carbocycles. The van der Waals surface area contributed by atoms with E-state index in [9.17, 15) is 0 Å². The third kappa shape index (κ3) is 3.02. The van der Waals surface area contributed by atoms with Crippen molar-refractivity contribution in [3.8, 4) is 0 Å². The minimum atomic E-state index is 0.215. The molecule has 3 rings (SSSR count). The van der Waals surface area contributed by atoms with Gasteiger partial charge in [0.05, 0.1) is 5.69 Å². The van der Waals surface area contributed by atoms with Gasteiger partial charge in [-0.05, 0) is 41.5 Å². The SMILES string of the molecule is C[C@@H](NN1CCc2cc(C(C)(C)C)ccc21)c1ccccc1. The maximum Gasteiger partial charge on any atom is 0.0552 e. The highest BCUT2D eigenvalue weighted by Gasteiger charge is 2.23. The van der Waals surface area contributed by atoms with E-state index in [-0.39, 0.29) is 5.41 Å². The van der Waals surface area contributed by atoms with Gasteiger partial charge in [0.25, 0.3) is 0 Å². The first-order valence-corrected chi connectivity index (χ1v) is 8.17. The van der Waals surface area contributed by atoms with Crippen LogP contribution in [0.15, 0.2) is 48.5 Å². The lowest BCUT2D eigenvalue weighted by atomic mass is 9.86. The molecule has 2 aromatic carbocycles. The molecule has 2 aromatic rings. The van der Waals surface area contributed by atoms with Crippen LogP contribution >= 0.6 is 0 Å². The molecule has 1 heterocycles. The summed E-state index contributed by atoms with van der Waals surface area (Å²) in [6.45, 7) is 10.1. The Kier molecular flexibility index (Phi) is 3.96. The fourth-order valence-corrected chi connectivity index (χ4v) is 3.05. The third-order valence-electron chi connectivity index (χ3n) is 4.49. The Hall–Kier alpha value is -1.80. The molecule has 0 aromatic heterocycles. The van der Waals surface area contributed by atoms with Crippen molar-refractivity contribution in [2.75, 3.05) is 11.6 Å². The van der Waals surface area contributed by atoms with Gasteiger partial charge in [-0.25, -0.2) is 5.43 Å². The maximum atomic E-state index is 3.64. The van der Waals surface area contributed by atoms with Gasteiger partial charge in [0.2, 0.25) is 0 Å². The smallest absolute Gasteiger partial charge is 0.0552 e. The zero-order chi connectivity index (χ0) is 15.7. The molecular formula is C20H26N2. The van der Waals surface area contributed by atoms with Crippen LogP contribution in [0, 0.1) is 0 Å². The van der Waals surface area contributed by atoms with Crippen LogP contribution in [0.2, 0.25) is 0 Å². The molecule has 0 spiro atoms. The van der Waals surface area contributed by atoms with Gasteiger partial charge in [0.1, 0.15) is 0 Å². The van der Waals surface area contributed by atoms with Gasteiger partial charge in [-0.1, -0.05) is 63.2 Å². The van der Waals surface area contributed by atoms with Crippen LogP contribution in [0.4, 0.5) is 5.69 Å². The van der Waals surface area contributed by atoms with Gasteiger partial charge in [-0.15, -0.1) is 0 Å². The summed E-state index contributed by atoms with van der Waals surface area (Å²) in [5.41, 5.74) is 9.39. The fraction of sp³-hybridized carbons (Fsp3) is 0.400. The topological polar surface area (TPSA) is 15.3 Å². The standard InChI is InChI=1S/C20H26N2/c1-15(16-8-6-5-7-9-16)21-22-13-12-17-14-18(20(2,3)4)10-11-19(17)22/h5-11,14-15,21H,12-13H2,1-4H3/t15-/m1/s1. The number of benzene rings is 2. The van der Waals surface area contributed by atoms with Crippen molar-refractivity contribution >= 4 is 5.69 Å². The highest BCUT2D eigenvalue weighted by atomic mass is 15.5. The minimum absolute atomic E-state index is 0.215. The number of hydrogen-bond donors (Lipinski definition) is 1. The van der Waals surface area contributed by atoms with Crippen molar-refractivity contribution in [3.63, 3.8) is 0 Å². The van der Waals surface area contributed by atoms with Crippen molar-refractivity contribution < 1.29 is 0 Å². The number of nitrogens with one attached hydrogen (secondary N) is 1. The Labute approximate surface area is 134 Å². The van der Waals surface area contributed by atoms with Gasteiger partial charge >= 0.3 is 0 Å². The lowest BCUT2D eigenvalue weighted by molar-refractivity contribution is 0.547. The van der Waals surface area contributed by atoms with Crippen LogP contribution in [0.25, 0.3) is 0 Å². The molecule has 0 bridgehead atoms. The molecule has 1 aliphatic rings. The monoisotopic (exact) mass is 294 g/mol. The first kappa shape index (κ1) is 15.1. The Morgan fingerprint density at radius 1 is 1.05 bits per heavy atom. The van der Waals surface area contributed by atoms with E-state index in [1.165, 1.54) is 22.4 Å². The molecule has 0 radical (unpaired) electrons. The first-order valence-electron chi connectivity index (χ1n) is 8.17. The highest BCUT2D eigenvalue weighted by molar-refractivity contribution is 5.59. The van der Waals surface area contributed by atoms with E-state index in [1.54, 1.807) is 0 Å². The van der Waals surface area contributed by atoms with Crippen LogP contribution in [-0.2, 0) is 11.8 Å². The van der Waals surface area contributed by atoms with Gasteiger partial charge in [0.15, 0.2) is 0 Å². The molecule has 0 fully saturated rings. The summed E-state index contributed by atoms with van der Waals surface area (Å²) < 4.78 is 0. The molecule has 1 N–H and O–H groups in total. The van der Waals surface area contributed by atoms with Crippen molar-refractivity contribution in [1.29, 1.82) is 0 Å². The summed E-state index contributed by atoms with van der Waals surface area (Å²) in [5, 5.41) is 2.31. The molecule has 22 heavy (non-hydrogen) atoms. The molecule has 1 atom stereocenters.